The van der Waals surface area contributed by atoms with Crippen LogP contribution in [0, 0.1) is 5.82 Å². The molecule has 2 aromatic rings. The maximum absolute atomic E-state index is 14.6. The van der Waals surface area contributed by atoms with Gasteiger partial charge < -0.3 is 5.32 Å². The van der Waals surface area contributed by atoms with E-state index < -0.39 is 5.82 Å². The van der Waals surface area contributed by atoms with Crippen LogP contribution in [-0.4, -0.2) is 14.9 Å². The molecule has 1 aromatic carbocycles. The Kier molecular flexibility index (Phi) is 3.23. The average Bonchev–Trinajstić information content (AvgIpc) is 2.79. The number of nitrogens with zero attached hydrogens (tertiary/aromatic N) is 2. The van der Waals surface area contributed by atoms with E-state index in [1.54, 1.807) is 10.6 Å². The fourth-order valence-corrected chi connectivity index (χ4v) is 3.97. The van der Waals surface area contributed by atoms with Gasteiger partial charge in [0.05, 0.1) is 22.1 Å². The summed E-state index contributed by atoms with van der Waals surface area (Å²) in [5, 5.41) is 4.50. The topological polar surface area (TPSA) is 39.0 Å². The maximum atomic E-state index is 14.6. The highest BCUT2D eigenvalue weighted by molar-refractivity contribution is 7.99. The third-order valence-electron chi connectivity index (χ3n) is 4.21. The first-order valence-corrected chi connectivity index (χ1v) is 8.47. The van der Waals surface area contributed by atoms with Crippen molar-refractivity contribution in [3.8, 4) is 5.69 Å². The van der Waals surface area contributed by atoms with E-state index in [-0.39, 0.29) is 11.4 Å². The SMILES string of the molecule is C=C1CSc2cc(F)c(-n3c(=C)c4n(c3=O)CCCC=4)cc2N1. The Morgan fingerprint density at radius 1 is 1.30 bits per heavy atom. The summed E-state index contributed by atoms with van der Waals surface area (Å²) in [6.45, 7) is 8.56. The van der Waals surface area contributed by atoms with Gasteiger partial charge in [0.1, 0.15) is 5.82 Å². The van der Waals surface area contributed by atoms with Crippen molar-refractivity contribution >= 4 is 30.1 Å². The van der Waals surface area contributed by atoms with Crippen molar-refractivity contribution in [3.63, 3.8) is 0 Å². The molecule has 2 aliphatic heterocycles. The van der Waals surface area contributed by atoms with Crippen molar-refractivity contribution in [2.45, 2.75) is 24.3 Å². The van der Waals surface area contributed by atoms with E-state index in [4.69, 9.17) is 0 Å². The molecule has 0 aliphatic carbocycles. The molecule has 0 saturated carbocycles. The second-order valence-electron chi connectivity index (χ2n) is 5.76. The predicted octanol–water partition coefficient (Wildman–Crippen LogP) is 1.79. The average molecular weight is 329 g/mol. The molecule has 4 nitrogen and oxygen atoms in total. The summed E-state index contributed by atoms with van der Waals surface area (Å²) in [5.41, 5.74) is 1.65. The van der Waals surface area contributed by atoms with Crippen molar-refractivity contribution in [3.05, 3.63) is 51.4 Å². The molecule has 0 saturated heterocycles. The van der Waals surface area contributed by atoms with Crippen molar-refractivity contribution < 1.29 is 4.39 Å². The molecular formula is C17H16FN3OS. The van der Waals surface area contributed by atoms with Gasteiger partial charge in [0.15, 0.2) is 0 Å². The van der Waals surface area contributed by atoms with E-state index >= 15 is 0 Å². The van der Waals surface area contributed by atoms with Gasteiger partial charge in [-0.3, -0.25) is 9.13 Å². The number of halogens is 1. The first-order valence-electron chi connectivity index (χ1n) is 7.48. The van der Waals surface area contributed by atoms with Crippen LogP contribution in [0.4, 0.5) is 10.1 Å². The van der Waals surface area contributed by atoms with Crippen LogP contribution in [0.15, 0.2) is 34.1 Å². The summed E-state index contributed by atoms with van der Waals surface area (Å²) in [7, 11) is 0. The first kappa shape index (κ1) is 14.4. The van der Waals surface area contributed by atoms with Gasteiger partial charge in [0.25, 0.3) is 0 Å². The number of fused-ring (bicyclic) bond motifs is 2. The Morgan fingerprint density at radius 3 is 2.91 bits per heavy atom. The summed E-state index contributed by atoms with van der Waals surface area (Å²) in [6.07, 6.45) is 3.83. The van der Waals surface area contributed by atoms with Crippen molar-refractivity contribution in [2.24, 2.45) is 0 Å². The van der Waals surface area contributed by atoms with E-state index in [2.05, 4.69) is 18.5 Å². The third kappa shape index (κ3) is 2.16. The highest BCUT2D eigenvalue weighted by Crippen LogP contribution is 2.36. The number of hydrogen-bond donors (Lipinski definition) is 1. The van der Waals surface area contributed by atoms with Gasteiger partial charge in [-0.25, -0.2) is 9.18 Å². The van der Waals surface area contributed by atoms with E-state index in [0.29, 0.717) is 17.6 Å². The van der Waals surface area contributed by atoms with Crippen molar-refractivity contribution in [2.75, 3.05) is 11.1 Å². The van der Waals surface area contributed by atoms with Gasteiger partial charge in [-0.05, 0) is 25.0 Å². The minimum Gasteiger partial charge on any atom is -0.358 e. The molecule has 2 aliphatic rings. The van der Waals surface area contributed by atoms with Crippen LogP contribution in [0.3, 0.4) is 0 Å². The zero-order valence-electron chi connectivity index (χ0n) is 12.6. The summed E-state index contributed by atoms with van der Waals surface area (Å²) < 4.78 is 17.7. The summed E-state index contributed by atoms with van der Waals surface area (Å²) >= 11 is 1.53. The number of hydrogen-bond acceptors (Lipinski definition) is 3. The molecule has 0 amide bonds. The minimum absolute atomic E-state index is 0.233. The number of rotatable bonds is 1. The second kappa shape index (κ2) is 5.16. The van der Waals surface area contributed by atoms with Crippen molar-refractivity contribution in [1.29, 1.82) is 0 Å². The number of imidazole rings is 1. The monoisotopic (exact) mass is 329 g/mol. The van der Waals surface area contributed by atoms with Crippen LogP contribution in [-0.2, 0) is 6.54 Å². The maximum Gasteiger partial charge on any atom is 0.333 e. The zero-order chi connectivity index (χ0) is 16.1. The first-order chi connectivity index (χ1) is 11.1. The van der Waals surface area contributed by atoms with Crippen LogP contribution in [0.2, 0.25) is 0 Å². The summed E-state index contributed by atoms with van der Waals surface area (Å²) in [4.78, 5) is 13.5. The lowest BCUT2D eigenvalue weighted by Crippen LogP contribution is -2.34. The molecule has 4 rings (SSSR count). The van der Waals surface area contributed by atoms with E-state index in [1.165, 1.54) is 22.4 Å². The quantitative estimate of drug-likeness (QED) is 0.867. The van der Waals surface area contributed by atoms with Crippen LogP contribution in [0.25, 0.3) is 18.3 Å². The van der Waals surface area contributed by atoms with Gasteiger partial charge in [-0.1, -0.05) is 19.2 Å². The summed E-state index contributed by atoms with van der Waals surface area (Å²) in [5.74, 6) is 0.294. The molecule has 23 heavy (non-hydrogen) atoms. The van der Waals surface area contributed by atoms with Crippen molar-refractivity contribution in [1.82, 2.24) is 9.13 Å². The van der Waals surface area contributed by atoms with Crippen LogP contribution >= 0.6 is 11.8 Å². The fourth-order valence-electron chi connectivity index (χ4n) is 3.11. The zero-order valence-corrected chi connectivity index (χ0v) is 13.4. The number of benzene rings is 1. The van der Waals surface area contributed by atoms with E-state index in [9.17, 15) is 9.18 Å². The highest BCUT2D eigenvalue weighted by Gasteiger charge is 2.20. The Balaban J connectivity index is 1.98. The largest absolute Gasteiger partial charge is 0.358 e. The molecule has 6 heteroatoms. The Labute approximate surface area is 136 Å². The lowest BCUT2D eigenvalue weighted by molar-refractivity contribution is 0.588. The fraction of sp³-hybridized carbons (Fsp3) is 0.235. The third-order valence-corrected chi connectivity index (χ3v) is 5.35. The minimum atomic E-state index is -0.416. The van der Waals surface area contributed by atoms with E-state index in [0.717, 1.165) is 34.5 Å². The standard InChI is InChI=1S/C17H16FN3OS/c1-10-9-23-16-7-12(18)15(8-13(16)19-10)21-11(2)14-5-3-4-6-20(14)17(21)22/h5,7-8,19H,1-4,6,9H2. The number of nitrogens with one attached hydrogen (secondary N) is 1. The Bertz CT molecular complexity index is 1000. The molecule has 0 unspecified atom stereocenters. The number of anilines is 1. The Hall–Kier alpha value is -2.21. The molecule has 0 atom stereocenters. The highest BCUT2D eigenvalue weighted by atomic mass is 32.2. The molecule has 0 radical (unpaired) electrons. The van der Waals surface area contributed by atoms with Gasteiger partial charge >= 0.3 is 5.69 Å². The van der Waals surface area contributed by atoms with Gasteiger partial charge in [-0.15, -0.1) is 11.8 Å². The molecule has 1 aromatic heterocycles. The van der Waals surface area contributed by atoms with Crippen LogP contribution in [0.5, 0.6) is 0 Å². The number of aromatic nitrogens is 2. The van der Waals surface area contributed by atoms with Crippen LogP contribution < -0.4 is 21.7 Å². The van der Waals surface area contributed by atoms with Gasteiger partial charge in [-0.2, -0.15) is 0 Å². The molecule has 0 bridgehead atoms. The van der Waals surface area contributed by atoms with E-state index in [1.807, 2.05) is 6.08 Å². The van der Waals surface area contributed by atoms with Crippen LogP contribution in [0.1, 0.15) is 12.8 Å². The molecule has 0 fully saturated rings. The Morgan fingerprint density at radius 2 is 2.13 bits per heavy atom. The van der Waals surface area contributed by atoms with Gasteiger partial charge in [0, 0.05) is 22.9 Å². The molecule has 0 spiro atoms. The summed E-state index contributed by atoms with van der Waals surface area (Å²) in [6, 6.07) is 3.14. The predicted molar refractivity (Wildman–Crippen MR) is 91.9 cm³/mol. The molecule has 118 valence electrons. The molecular weight excluding hydrogens is 313 g/mol. The van der Waals surface area contributed by atoms with Gasteiger partial charge in [0.2, 0.25) is 0 Å². The smallest absolute Gasteiger partial charge is 0.333 e. The lowest BCUT2D eigenvalue weighted by atomic mass is 10.2. The normalized spacial score (nSPS) is 16.3. The molecule has 1 N–H and O–H groups in total. The number of thioether (sulfide) groups is 1. The molecule has 3 heterocycles. The lowest BCUT2D eigenvalue weighted by Gasteiger charge is -2.20. The second-order valence-corrected chi connectivity index (χ2v) is 6.78.